The van der Waals surface area contributed by atoms with Crippen LogP contribution in [0, 0.1) is 6.92 Å². The number of aryl methyl sites for hydroxylation is 2. The Morgan fingerprint density at radius 1 is 1.17 bits per heavy atom. The van der Waals surface area contributed by atoms with Crippen LogP contribution in [0.25, 0.3) is 21.3 Å². The third kappa shape index (κ3) is 3.03. The first kappa shape index (κ1) is 16.9. The first-order chi connectivity index (χ1) is 11.3. The molecule has 1 aromatic carbocycles. The van der Waals surface area contributed by atoms with Crippen LogP contribution in [0.2, 0.25) is 0 Å². The van der Waals surface area contributed by atoms with Crippen molar-refractivity contribution in [1.29, 1.82) is 0 Å². The van der Waals surface area contributed by atoms with Crippen LogP contribution in [0.15, 0.2) is 29.1 Å². The molecule has 0 spiro atoms. The normalized spacial score (nSPS) is 12.0. The topological polar surface area (TPSA) is 45.8 Å². The molecule has 3 rings (SSSR count). The van der Waals surface area contributed by atoms with Crippen LogP contribution in [0.5, 0.6) is 0 Å². The van der Waals surface area contributed by atoms with Gasteiger partial charge < -0.3 is 4.98 Å². The summed E-state index contributed by atoms with van der Waals surface area (Å²) in [5.41, 5.74) is 3.50. The van der Waals surface area contributed by atoms with Crippen LogP contribution in [0.1, 0.15) is 50.4 Å². The van der Waals surface area contributed by atoms with Gasteiger partial charge in [-0.2, -0.15) is 0 Å². The number of rotatable bonds is 3. The van der Waals surface area contributed by atoms with E-state index in [0.29, 0.717) is 0 Å². The highest BCUT2D eigenvalue weighted by Crippen LogP contribution is 2.36. The van der Waals surface area contributed by atoms with Gasteiger partial charge in [0.1, 0.15) is 10.7 Å². The smallest absolute Gasteiger partial charge is 0.260 e. The van der Waals surface area contributed by atoms with Crippen LogP contribution in [0.3, 0.4) is 0 Å². The molecule has 4 heteroatoms. The van der Waals surface area contributed by atoms with Gasteiger partial charge in [-0.3, -0.25) is 4.79 Å². The van der Waals surface area contributed by atoms with E-state index in [-0.39, 0.29) is 11.0 Å². The molecule has 0 unspecified atom stereocenters. The zero-order valence-electron chi connectivity index (χ0n) is 15.0. The van der Waals surface area contributed by atoms with E-state index in [9.17, 15) is 4.79 Å². The predicted molar refractivity (Wildman–Crippen MR) is 103 cm³/mol. The predicted octanol–water partition coefficient (Wildman–Crippen LogP) is 5.21. The number of H-pyrrole nitrogens is 1. The number of benzene rings is 1. The summed E-state index contributed by atoms with van der Waals surface area (Å²) in [4.78, 5) is 22.2. The van der Waals surface area contributed by atoms with Gasteiger partial charge in [-0.25, -0.2) is 4.98 Å². The van der Waals surface area contributed by atoms with Crippen LogP contribution < -0.4 is 5.56 Å². The molecule has 0 atom stereocenters. The number of aromatic nitrogens is 2. The van der Waals surface area contributed by atoms with Crippen molar-refractivity contribution in [2.75, 3.05) is 0 Å². The van der Waals surface area contributed by atoms with Crippen molar-refractivity contribution in [3.8, 4) is 11.1 Å². The largest absolute Gasteiger partial charge is 0.310 e. The summed E-state index contributed by atoms with van der Waals surface area (Å²) < 4.78 is 0. The molecule has 0 aliphatic heterocycles. The quantitative estimate of drug-likeness (QED) is 0.711. The zero-order valence-corrected chi connectivity index (χ0v) is 15.8. The molecule has 0 aliphatic rings. The van der Waals surface area contributed by atoms with E-state index in [1.165, 1.54) is 5.56 Å². The van der Waals surface area contributed by atoms with Crippen molar-refractivity contribution < 1.29 is 0 Å². The fourth-order valence-electron chi connectivity index (χ4n) is 3.00. The summed E-state index contributed by atoms with van der Waals surface area (Å²) in [6.07, 6.45) is 1.78. The van der Waals surface area contributed by atoms with E-state index in [4.69, 9.17) is 0 Å². The van der Waals surface area contributed by atoms with Crippen molar-refractivity contribution in [2.45, 2.75) is 52.9 Å². The molecule has 24 heavy (non-hydrogen) atoms. The second-order valence-electron chi connectivity index (χ2n) is 7.30. The third-order valence-electron chi connectivity index (χ3n) is 4.31. The summed E-state index contributed by atoms with van der Waals surface area (Å²) >= 11 is 1.61. The first-order valence-corrected chi connectivity index (χ1v) is 9.26. The van der Waals surface area contributed by atoms with Crippen LogP contribution in [-0.2, 0) is 11.8 Å². The SMILES string of the molecule is CCCc1nc2sc(C)c(-c3ccc(C(C)(C)C)cc3)c2c(=O)[nH]1. The Kier molecular flexibility index (Phi) is 4.35. The lowest BCUT2D eigenvalue weighted by Gasteiger charge is -2.19. The van der Waals surface area contributed by atoms with Crippen LogP contribution >= 0.6 is 11.3 Å². The molecule has 2 heterocycles. The monoisotopic (exact) mass is 340 g/mol. The lowest BCUT2D eigenvalue weighted by Crippen LogP contribution is -2.11. The maximum Gasteiger partial charge on any atom is 0.260 e. The Morgan fingerprint density at radius 2 is 1.83 bits per heavy atom. The van der Waals surface area contributed by atoms with Crippen molar-refractivity contribution >= 4 is 21.6 Å². The molecular formula is C20H24N2OS. The highest BCUT2D eigenvalue weighted by atomic mass is 32.1. The van der Waals surface area contributed by atoms with Crippen molar-refractivity contribution in [2.24, 2.45) is 0 Å². The highest BCUT2D eigenvalue weighted by molar-refractivity contribution is 7.19. The van der Waals surface area contributed by atoms with E-state index in [1.807, 2.05) is 0 Å². The Balaban J connectivity index is 2.16. The van der Waals surface area contributed by atoms with Gasteiger partial charge in [0.2, 0.25) is 0 Å². The minimum Gasteiger partial charge on any atom is -0.310 e. The number of hydrogen-bond acceptors (Lipinski definition) is 3. The third-order valence-corrected chi connectivity index (χ3v) is 5.31. The average molecular weight is 340 g/mol. The van der Waals surface area contributed by atoms with E-state index in [0.717, 1.165) is 44.9 Å². The number of aromatic amines is 1. The molecule has 0 aliphatic carbocycles. The summed E-state index contributed by atoms with van der Waals surface area (Å²) in [6, 6.07) is 8.56. The van der Waals surface area contributed by atoms with Gasteiger partial charge in [-0.15, -0.1) is 11.3 Å². The number of nitrogens with one attached hydrogen (secondary N) is 1. The molecule has 2 aromatic heterocycles. The van der Waals surface area contributed by atoms with Crippen molar-refractivity contribution in [1.82, 2.24) is 9.97 Å². The molecule has 0 radical (unpaired) electrons. The minimum absolute atomic E-state index is 0.0253. The molecule has 0 saturated carbocycles. The van der Waals surface area contributed by atoms with Gasteiger partial charge in [0.25, 0.3) is 5.56 Å². The van der Waals surface area contributed by atoms with Gasteiger partial charge in [0, 0.05) is 16.9 Å². The van der Waals surface area contributed by atoms with Crippen molar-refractivity contribution in [3.63, 3.8) is 0 Å². The summed E-state index contributed by atoms with van der Waals surface area (Å²) in [5.74, 6) is 0.783. The van der Waals surface area contributed by atoms with E-state index >= 15 is 0 Å². The number of thiophene rings is 1. The number of nitrogens with zero attached hydrogens (tertiary/aromatic N) is 1. The molecule has 0 bridgehead atoms. The number of fused-ring (bicyclic) bond motifs is 1. The number of hydrogen-bond donors (Lipinski definition) is 1. The van der Waals surface area contributed by atoms with E-state index in [1.54, 1.807) is 11.3 Å². The van der Waals surface area contributed by atoms with E-state index < -0.39 is 0 Å². The minimum atomic E-state index is -0.0253. The molecule has 3 nitrogen and oxygen atoms in total. The second kappa shape index (κ2) is 6.17. The van der Waals surface area contributed by atoms with E-state index in [2.05, 4.69) is 68.9 Å². The van der Waals surface area contributed by atoms with Crippen LogP contribution in [-0.4, -0.2) is 9.97 Å². The molecule has 1 N–H and O–H groups in total. The average Bonchev–Trinajstić information content (AvgIpc) is 2.83. The molecule has 0 amide bonds. The van der Waals surface area contributed by atoms with Gasteiger partial charge >= 0.3 is 0 Å². The first-order valence-electron chi connectivity index (χ1n) is 8.44. The lowest BCUT2D eigenvalue weighted by atomic mass is 9.86. The molecule has 126 valence electrons. The molecule has 0 fully saturated rings. The van der Waals surface area contributed by atoms with Gasteiger partial charge in [-0.1, -0.05) is 52.0 Å². The fraction of sp³-hybridized carbons (Fsp3) is 0.400. The Hall–Kier alpha value is -1.94. The summed E-state index contributed by atoms with van der Waals surface area (Å²) in [5, 5.41) is 0.723. The van der Waals surface area contributed by atoms with Gasteiger partial charge in [0.05, 0.1) is 5.39 Å². The maximum atomic E-state index is 12.6. The fourth-order valence-corrected chi connectivity index (χ4v) is 4.07. The lowest BCUT2D eigenvalue weighted by molar-refractivity contribution is 0.590. The molecule has 3 aromatic rings. The van der Waals surface area contributed by atoms with Crippen LogP contribution in [0.4, 0.5) is 0 Å². The summed E-state index contributed by atoms with van der Waals surface area (Å²) in [7, 11) is 0. The molecular weight excluding hydrogens is 316 g/mol. The highest BCUT2D eigenvalue weighted by Gasteiger charge is 2.18. The Bertz CT molecular complexity index is 927. The van der Waals surface area contributed by atoms with Gasteiger partial charge in [0.15, 0.2) is 0 Å². The van der Waals surface area contributed by atoms with Crippen molar-refractivity contribution in [3.05, 3.63) is 50.9 Å². The maximum absolute atomic E-state index is 12.6. The Morgan fingerprint density at radius 3 is 2.42 bits per heavy atom. The molecule has 0 saturated heterocycles. The van der Waals surface area contributed by atoms with Gasteiger partial charge in [-0.05, 0) is 29.9 Å². The second-order valence-corrected chi connectivity index (χ2v) is 8.51. The Labute approximate surface area is 146 Å². The summed E-state index contributed by atoms with van der Waals surface area (Å²) in [6.45, 7) is 10.8. The zero-order chi connectivity index (χ0) is 17.5. The standard InChI is InChI=1S/C20H24N2OS/c1-6-7-15-21-18(23)17-16(12(2)24-19(17)22-15)13-8-10-14(11-9-13)20(3,4)5/h8-11H,6-7H2,1-5H3,(H,21,22,23).